The maximum atomic E-state index is 12.5. The fourth-order valence-corrected chi connectivity index (χ4v) is 3.19. The summed E-state index contributed by atoms with van der Waals surface area (Å²) in [5.41, 5.74) is 1.79. The first-order chi connectivity index (χ1) is 10.1. The van der Waals surface area contributed by atoms with Gasteiger partial charge in [-0.15, -0.1) is 0 Å². The Morgan fingerprint density at radius 1 is 1.62 bits per heavy atom. The maximum absolute atomic E-state index is 12.5. The van der Waals surface area contributed by atoms with Crippen LogP contribution < -0.4 is 5.32 Å². The van der Waals surface area contributed by atoms with Gasteiger partial charge in [-0.2, -0.15) is 16.9 Å². The van der Waals surface area contributed by atoms with Crippen LogP contribution in [0.2, 0.25) is 0 Å². The summed E-state index contributed by atoms with van der Waals surface area (Å²) in [5, 5.41) is 16.7. The van der Waals surface area contributed by atoms with Gasteiger partial charge in [0.15, 0.2) is 0 Å². The number of aliphatic hydroxyl groups is 1. The summed E-state index contributed by atoms with van der Waals surface area (Å²) in [5.74, 6) is 0.420. The molecule has 2 N–H and O–H groups in total. The van der Waals surface area contributed by atoms with Crippen LogP contribution in [0.5, 0.6) is 0 Å². The standard InChI is InChI=1S/C15H25N3O2S/c1-4-7-18-14(11-5-6-11)12(8-16-18)15(20)17-10(2)13(9-19)21-3/h8,10-11,13,19H,4-7,9H2,1-3H3,(H,17,20). The molecule has 6 heteroatoms. The average molecular weight is 311 g/mol. The molecule has 1 aromatic heterocycles. The average Bonchev–Trinajstić information content (AvgIpc) is 3.21. The third-order valence-electron chi connectivity index (χ3n) is 3.92. The van der Waals surface area contributed by atoms with E-state index in [0.29, 0.717) is 11.5 Å². The number of carbonyl (C=O) groups excluding carboxylic acids is 1. The summed E-state index contributed by atoms with van der Waals surface area (Å²) >= 11 is 1.57. The van der Waals surface area contributed by atoms with Gasteiger partial charge in [-0.05, 0) is 32.4 Å². The molecule has 0 bridgehead atoms. The number of thioether (sulfide) groups is 1. The minimum atomic E-state index is -0.0703. The lowest BCUT2D eigenvalue weighted by Crippen LogP contribution is -2.41. The summed E-state index contributed by atoms with van der Waals surface area (Å²) in [6.07, 6.45) is 6.94. The Bertz CT molecular complexity index is 481. The quantitative estimate of drug-likeness (QED) is 0.771. The van der Waals surface area contributed by atoms with Crippen molar-refractivity contribution in [2.75, 3.05) is 12.9 Å². The highest BCUT2D eigenvalue weighted by atomic mass is 32.2. The van der Waals surface area contributed by atoms with E-state index in [-0.39, 0.29) is 23.8 Å². The Morgan fingerprint density at radius 3 is 2.86 bits per heavy atom. The molecule has 0 radical (unpaired) electrons. The van der Waals surface area contributed by atoms with E-state index in [1.165, 1.54) is 0 Å². The minimum Gasteiger partial charge on any atom is -0.395 e. The van der Waals surface area contributed by atoms with Gasteiger partial charge in [0.05, 0.1) is 24.1 Å². The second-order valence-corrected chi connectivity index (χ2v) is 6.74. The van der Waals surface area contributed by atoms with Crippen molar-refractivity contribution >= 4 is 17.7 Å². The van der Waals surface area contributed by atoms with E-state index in [1.807, 2.05) is 17.9 Å². The van der Waals surface area contributed by atoms with Crippen LogP contribution in [-0.2, 0) is 6.54 Å². The zero-order valence-corrected chi connectivity index (χ0v) is 13.8. The number of hydrogen-bond donors (Lipinski definition) is 2. The maximum Gasteiger partial charge on any atom is 0.255 e. The van der Waals surface area contributed by atoms with Crippen LogP contribution in [0.1, 0.15) is 55.1 Å². The summed E-state index contributed by atoms with van der Waals surface area (Å²) < 4.78 is 1.98. The van der Waals surface area contributed by atoms with Crippen molar-refractivity contribution in [2.24, 2.45) is 0 Å². The molecule has 1 aromatic rings. The largest absolute Gasteiger partial charge is 0.395 e. The van der Waals surface area contributed by atoms with E-state index in [4.69, 9.17) is 0 Å². The zero-order valence-electron chi connectivity index (χ0n) is 13.0. The molecular formula is C15H25N3O2S. The van der Waals surface area contributed by atoms with Crippen molar-refractivity contribution in [3.63, 3.8) is 0 Å². The van der Waals surface area contributed by atoms with Gasteiger partial charge in [0.1, 0.15) is 0 Å². The second kappa shape index (κ2) is 7.31. The smallest absolute Gasteiger partial charge is 0.255 e. The zero-order chi connectivity index (χ0) is 15.4. The molecule has 5 nitrogen and oxygen atoms in total. The normalized spacial score (nSPS) is 17.5. The van der Waals surface area contributed by atoms with Crippen LogP contribution >= 0.6 is 11.8 Å². The Hall–Kier alpha value is -1.01. The van der Waals surface area contributed by atoms with Gasteiger partial charge in [-0.1, -0.05) is 6.92 Å². The summed E-state index contributed by atoms with van der Waals surface area (Å²) in [6, 6.07) is -0.0703. The Balaban J connectivity index is 2.12. The van der Waals surface area contributed by atoms with Crippen molar-refractivity contribution in [1.82, 2.24) is 15.1 Å². The molecule has 0 saturated heterocycles. The molecule has 2 rings (SSSR count). The van der Waals surface area contributed by atoms with Crippen LogP contribution in [0, 0.1) is 0 Å². The highest BCUT2D eigenvalue weighted by Gasteiger charge is 2.32. The molecule has 1 fully saturated rings. The molecule has 118 valence electrons. The number of aromatic nitrogens is 2. The molecule has 21 heavy (non-hydrogen) atoms. The third-order valence-corrected chi connectivity index (χ3v) is 5.09. The summed E-state index contributed by atoms with van der Waals surface area (Å²) in [4.78, 5) is 12.5. The van der Waals surface area contributed by atoms with Gasteiger partial charge >= 0.3 is 0 Å². The van der Waals surface area contributed by atoms with Gasteiger partial charge in [0.2, 0.25) is 0 Å². The molecule has 1 aliphatic carbocycles. The molecule has 2 atom stereocenters. The lowest BCUT2D eigenvalue weighted by Gasteiger charge is -2.21. The highest BCUT2D eigenvalue weighted by molar-refractivity contribution is 7.99. The lowest BCUT2D eigenvalue weighted by molar-refractivity contribution is 0.0934. The number of nitrogens with one attached hydrogen (secondary N) is 1. The van der Waals surface area contributed by atoms with E-state index in [9.17, 15) is 9.90 Å². The van der Waals surface area contributed by atoms with Crippen LogP contribution in [0.15, 0.2) is 6.20 Å². The van der Waals surface area contributed by atoms with E-state index in [2.05, 4.69) is 17.3 Å². The van der Waals surface area contributed by atoms with E-state index in [1.54, 1.807) is 18.0 Å². The number of hydrogen-bond acceptors (Lipinski definition) is 4. The summed E-state index contributed by atoms with van der Waals surface area (Å²) in [7, 11) is 0. The highest BCUT2D eigenvalue weighted by Crippen LogP contribution is 2.41. The van der Waals surface area contributed by atoms with E-state index < -0.39 is 0 Å². The van der Waals surface area contributed by atoms with Gasteiger partial charge in [-0.25, -0.2) is 0 Å². The minimum absolute atomic E-state index is 0.0176. The molecule has 1 amide bonds. The van der Waals surface area contributed by atoms with Crippen molar-refractivity contribution in [3.05, 3.63) is 17.5 Å². The monoisotopic (exact) mass is 311 g/mol. The van der Waals surface area contributed by atoms with Crippen molar-refractivity contribution < 1.29 is 9.90 Å². The topological polar surface area (TPSA) is 67.2 Å². The second-order valence-electron chi connectivity index (χ2n) is 5.66. The van der Waals surface area contributed by atoms with Crippen LogP contribution in [0.25, 0.3) is 0 Å². The predicted molar refractivity (Wildman–Crippen MR) is 85.8 cm³/mol. The first-order valence-electron chi connectivity index (χ1n) is 7.62. The fraction of sp³-hybridized carbons (Fsp3) is 0.733. The van der Waals surface area contributed by atoms with Gasteiger partial charge < -0.3 is 10.4 Å². The van der Waals surface area contributed by atoms with Crippen molar-refractivity contribution in [2.45, 2.75) is 56.9 Å². The molecule has 1 saturated carbocycles. The van der Waals surface area contributed by atoms with E-state index in [0.717, 1.165) is 31.5 Å². The Labute approximate surface area is 130 Å². The molecule has 0 aromatic carbocycles. The first kappa shape index (κ1) is 16.4. The third kappa shape index (κ3) is 3.80. The molecule has 2 unspecified atom stereocenters. The number of rotatable bonds is 8. The van der Waals surface area contributed by atoms with Gasteiger partial charge in [-0.3, -0.25) is 9.48 Å². The summed E-state index contributed by atoms with van der Waals surface area (Å²) in [6.45, 7) is 4.97. The fourth-order valence-electron chi connectivity index (χ4n) is 2.56. The molecule has 0 spiro atoms. The van der Waals surface area contributed by atoms with Gasteiger partial charge in [0, 0.05) is 23.8 Å². The molecule has 1 aliphatic rings. The van der Waals surface area contributed by atoms with E-state index >= 15 is 0 Å². The Morgan fingerprint density at radius 2 is 2.33 bits per heavy atom. The number of carbonyl (C=O) groups is 1. The van der Waals surface area contributed by atoms with Gasteiger partial charge in [0.25, 0.3) is 5.91 Å². The molecular weight excluding hydrogens is 286 g/mol. The van der Waals surface area contributed by atoms with Crippen molar-refractivity contribution in [1.29, 1.82) is 0 Å². The predicted octanol–water partition coefficient (Wildman–Crippen LogP) is 2.01. The number of aliphatic hydroxyl groups excluding tert-OH is 1. The SMILES string of the molecule is CCCn1ncc(C(=O)NC(C)C(CO)SC)c1C1CC1. The number of amides is 1. The van der Waals surface area contributed by atoms with Crippen LogP contribution in [0.3, 0.4) is 0 Å². The molecule has 0 aliphatic heterocycles. The number of nitrogens with zero attached hydrogens (tertiary/aromatic N) is 2. The first-order valence-corrected chi connectivity index (χ1v) is 8.91. The number of aryl methyl sites for hydroxylation is 1. The van der Waals surface area contributed by atoms with Crippen LogP contribution in [0.4, 0.5) is 0 Å². The molecule has 1 heterocycles. The lowest BCUT2D eigenvalue weighted by atomic mass is 10.1. The van der Waals surface area contributed by atoms with Crippen LogP contribution in [-0.4, -0.2) is 44.9 Å². The van der Waals surface area contributed by atoms with Crippen molar-refractivity contribution in [3.8, 4) is 0 Å². The Kier molecular flexibility index (Phi) is 5.70.